The molecular weight excluding hydrogens is 363 g/mol. The van der Waals surface area contributed by atoms with Crippen LogP contribution in [0.25, 0.3) is 0 Å². The van der Waals surface area contributed by atoms with E-state index in [1.165, 1.54) is 0 Å². The summed E-state index contributed by atoms with van der Waals surface area (Å²) in [6.07, 6.45) is 0. The van der Waals surface area contributed by atoms with Gasteiger partial charge in [-0.3, -0.25) is 4.79 Å². The normalized spacial score (nSPS) is 11.9. The van der Waals surface area contributed by atoms with Gasteiger partial charge < -0.3 is 11.1 Å². The summed E-state index contributed by atoms with van der Waals surface area (Å²) in [7, 11) is 0. The molecule has 20 heavy (non-hydrogen) atoms. The average molecular weight is 380 g/mol. The molecule has 1 amide bonds. The molecule has 0 saturated carbocycles. The van der Waals surface area contributed by atoms with Crippen LogP contribution in [0.2, 0.25) is 0 Å². The zero-order valence-electron chi connectivity index (χ0n) is 11.5. The van der Waals surface area contributed by atoms with Gasteiger partial charge in [0, 0.05) is 9.26 Å². The summed E-state index contributed by atoms with van der Waals surface area (Å²) >= 11 is 2.21. The van der Waals surface area contributed by atoms with Crippen LogP contribution in [-0.4, -0.2) is 5.91 Å². The standard InChI is InChI=1S/C16H17IN2O/c1-10-5-3-8-14(15(10)17)16(20)19-11(2)12-6-4-7-13(18)9-12/h3-9,11H,18H2,1-2H3,(H,19,20). The summed E-state index contributed by atoms with van der Waals surface area (Å²) in [5.74, 6) is -0.0620. The number of nitrogens with one attached hydrogen (secondary N) is 1. The Bertz CT molecular complexity index is 640. The number of carbonyl (C=O) groups excluding carboxylic acids is 1. The Labute approximate surface area is 132 Å². The number of aryl methyl sites for hydroxylation is 1. The minimum absolute atomic E-state index is 0.0620. The Hall–Kier alpha value is -1.56. The molecular formula is C16H17IN2O. The van der Waals surface area contributed by atoms with Gasteiger partial charge in [-0.1, -0.05) is 24.3 Å². The molecule has 4 heteroatoms. The van der Waals surface area contributed by atoms with Gasteiger partial charge in [0.2, 0.25) is 0 Å². The number of anilines is 1. The number of hydrogen-bond donors (Lipinski definition) is 2. The summed E-state index contributed by atoms with van der Waals surface area (Å²) in [6, 6.07) is 13.2. The zero-order valence-corrected chi connectivity index (χ0v) is 13.6. The van der Waals surface area contributed by atoms with E-state index in [4.69, 9.17) is 5.73 Å². The molecule has 0 radical (unpaired) electrons. The van der Waals surface area contributed by atoms with Crippen molar-refractivity contribution in [1.29, 1.82) is 0 Å². The van der Waals surface area contributed by atoms with Crippen LogP contribution in [0.1, 0.15) is 34.5 Å². The van der Waals surface area contributed by atoms with Gasteiger partial charge in [0.05, 0.1) is 11.6 Å². The maximum Gasteiger partial charge on any atom is 0.252 e. The van der Waals surface area contributed by atoms with E-state index in [1.807, 2.05) is 56.3 Å². The number of nitrogens with two attached hydrogens (primary N) is 1. The van der Waals surface area contributed by atoms with Gasteiger partial charge in [-0.25, -0.2) is 0 Å². The second-order valence-corrected chi connectivity index (χ2v) is 5.88. The van der Waals surface area contributed by atoms with Crippen molar-refractivity contribution in [2.24, 2.45) is 0 Å². The van der Waals surface area contributed by atoms with Crippen molar-refractivity contribution in [2.45, 2.75) is 19.9 Å². The van der Waals surface area contributed by atoms with Crippen molar-refractivity contribution < 1.29 is 4.79 Å². The van der Waals surface area contributed by atoms with Crippen molar-refractivity contribution in [3.63, 3.8) is 0 Å². The second-order valence-electron chi connectivity index (χ2n) is 4.80. The Morgan fingerprint density at radius 1 is 1.25 bits per heavy atom. The lowest BCUT2D eigenvalue weighted by atomic mass is 10.1. The van der Waals surface area contributed by atoms with Crippen molar-refractivity contribution in [2.75, 3.05) is 5.73 Å². The lowest BCUT2D eigenvalue weighted by Crippen LogP contribution is -2.27. The Morgan fingerprint density at radius 2 is 1.95 bits per heavy atom. The van der Waals surface area contributed by atoms with Crippen LogP contribution in [0.15, 0.2) is 42.5 Å². The molecule has 0 saturated heterocycles. The van der Waals surface area contributed by atoms with E-state index in [1.54, 1.807) is 0 Å². The number of nitrogen functional groups attached to an aromatic ring is 1. The minimum Gasteiger partial charge on any atom is -0.399 e. The Morgan fingerprint density at radius 3 is 2.65 bits per heavy atom. The highest BCUT2D eigenvalue weighted by molar-refractivity contribution is 14.1. The maximum atomic E-state index is 12.3. The number of amides is 1. The van der Waals surface area contributed by atoms with Crippen molar-refractivity contribution in [3.8, 4) is 0 Å². The fraction of sp³-hybridized carbons (Fsp3) is 0.188. The molecule has 1 unspecified atom stereocenters. The Kier molecular flexibility index (Phi) is 4.65. The number of carbonyl (C=O) groups is 1. The highest BCUT2D eigenvalue weighted by atomic mass is 127. The monoisotopic (exact) mass is 380 g/mol. The molecule has 0 bridgehead atoms. The van der Waals surface area contributed by atoms with Crippen LogP contribution in [-0.2, 0) is 0 Å². The maximum absolute atomic E-state index is 12.3. The van der Waals surface area contributed by atoms with Crippen LogP contribution in [0.4, 0.5) is 5.69 Å². The Balaban J connectivity index is 2.17. The molecule has 0 aliphatic rings. The largest absolute Gasteiger partial charge is 0.399 e. The third-order valence-electron chi connectivity index (χ3n) is 3.19. The molecule has 2 rings (SSSR count). The zero-order chi connectivity index (χ0) is 14.7. The fourth-order valence-electron chi connectivity index (χ4n) is 2.01. The summed E-state index contributed by atoms with van der Waals surface area (Å²) in [5, 5.41) is 3.01. The molecule has 0 aliphatic carbocycles. The van der Waals surface area contributed by atoms with Crippen molar-refractivity contribution in [1.82, 2.24) is 5.32 Å². The van der Waals surface area contributed by atoms with Gasteiger partial charge in [-0.05, 0) is 65.8 Å². The fourth-order valence-corrected chi connectivity index (χ4v) is 2.61. The first-order valence-electron chi connectivity index (χ1n) is 6.40. The third-order valence-corrected chi connectivity index (χ3v) is 4.63. The van der Waals surface area contributed by atoms with Crippen LogP contribution < -0.4 is 11.1 Å². The van der Waals surface area contributed by atoms with E-state index >= 15 is 0 Å². The number of benzene rings is 2. The van der Waals surface area contributed by atoms with Gasteiger partial charge >= 0.3 is 0 Å². The van der Waals surface area contributed by atoms with Crippen LogP contribution in [0.5, 0.6) is 0 Å². The molecule has 0 aliphatic heterocycles. The van der Waals surface area contributed by atoms with Crippen molar-refractivity contribution >= 4 is 34.2 Å². The lowest BCUT2D eigenvalue weighted by molar-refractivity contribution is 0.0939. The van der Waals surface area contributed by atoms with Gasteiger partial charge in [0.25, 0.3) is 5.91 Å². The van der Waals surface area contributed by atoms with Crippen LogP contribution in [0, 0.1) is 10.5 Å². The van der Waals surface area contributed by atoms with E-state index in [0.717, 1.165) is 14.7 Å². The lowest BCUT2D eigenvalue weighted by Gasteiger charge is -2.16. The highest BCUT2D eigenvalue weighted by Crippen LogP contribution is 2.19. The average Bonchev–Trinajstić information content (AvgIpc) is 2.41. The molecule has 2 aromatic rings. The predicted molar refractivity (Wildman–Crippen MR) is 90.6 cm³/mol. The quantitative estimate of drug-likeness (QED) is 0.631. The molecule has 1 atom stereocenters. The summed E-state index contributed by atoms with van der Waals surface area (Å²) < 4.78 is 0.988. The van der Waals surface area contributed by atoms with E-state index in [2.05, 4.69) is 27.9 Å². The number of rotatable bonds is 3. The second kappa shape index (κ2) is 6.26. The van der Waals surface area contributed by atoms with E-state index in [-0.39, 0.29) is 11.9 Å². The summed E-state index contributed by atoms with van der Waals surface area (Å²) in [4.78, 5) is 12.3. The molecule has 0 spiro atoms. The van der Waals surface area contributed by atoms with Crippen molar-refractivity contribution in [3.05, 3.63) is 62.7 Å². The molecule has 0 aromatic heterocycles. The number of halogens is 1. The van der Waals surface area contributed by atoms with E-state index in [9.17, 15) is 4.79 Å². The first-order chi connectivity index (χ1) is 9.49. The molecule has 0 fully saturated rings. The highest BCUT2D eigenvalue weighted by Gasteiger charge is 2.14. The molecule has 3 nitrogen and oxygen atoms in total. The van der Waals surface area contributed by atoms with Gasteiger partial charge in [0.15, 0.2) is 0 Å². The smallest absolute Gasteiger partial charge is 0.252 e. The van der Waals surface area contributed by atoms with E-state index in [0.29, 0.717) is 11.3 Å². The van der Waals surface area contributed by atoms with E-state index < -0.39 is 0 Å². The van der Waals surface area contributed by atoms with Crippen LogP contribution >= 0.6 is 22.6 Å². The molecule has 104 valence electrons. The minimum atomic E-state index is -0.0812. The summed E-state index contributed by atoms with van der Waals surface area (Å²) in [5.41, 5.74) is 9.29. The SMILES string of the molecule is Cc1cccc(C(=O)NC(C)c2cccc(N)c2)c1I. The predicted octanol–water partition coefficient (Wildman–Crippen LogP) is 3.67. The number of hydrogen-bond acceptors (Lipinski definition) is 2. The van der Waals surface area contributed by atoms with Gasteiger partial charge in [0.1, 0.15) is 0 Å². The van der Waals surface area contributed by atoms with Crippen LogP contribution in [0.3, 0.4) is 0 Å². The first kappa shape index (κ1) is 14.8. The molecule has 2 aromatic carbocycles. The van der Waals surface area contributed by atoms with Gasteiger partial charge in [-0.2, -0.15) is 0 Å². The molecule has 3 N–H and O–H groups in total. The first-order valence-corrected chi connectivity index (χ1v) is 7.48. The third kappa shape index (κ3) is 3.30. The molecule has 0 heterocycles. The van der Waals surface area contributed by atoms with Gasteiger partial charge in [-0.15, -0.1) is 0 Å². The topological polar surface area (TPSA) is 55.1 Å². The summed E-state index contributed by atoms with van der Waals surface area (Å²) in [6.45, 7) is 3.95.